The number of nitrogens with one attached hydrogen (secondary N) is 2. The van der Waals surface area contributed by atoms with Crippen LogP contribution in [0.15, 0.2) is 30.3 Å². The van der Waals surface area contributed by atoms with Crippen LogP contribution in [0.2, 0.25) is 0 Å². The number of benzene rings is 1. The molecule has 1 unspecified atom stereocenters. The van der Waals surface area contributed by atoms with E-state index in [-0.39, 0.29) is 19.0 Å². The number of hydrogen-bond acceptors (Lipinski definition) is 6. The average molecular weight is 403 g/mol. The fourth-order valence-corrected chi connectivity index (χ4v) is 2.26. The van der Waals surface area contributed by atoms with Crippen molar-refractivity contribution in [1.29, 1.82) is 0 Å². The molecule has 10 nitrogen and oxygen atoms in total. The number of aliphatic carboxylic acids is 1. The summed E-state index contributed by atoms with van der Waals surface area (Å²) in [6.45, 7) is 3.59. The van der Waals surface area contributed by atoms with Gasteiger partial charge >= 0.3 is 21.3 Å². The Balaban J connectivity index is 0.000000503. The van der Waals surface area contributed by atoms with Crippen molar-refractivity contribution in [3.8, 4) is 0 Å². The number of nitrogens with two attached hydrogens (primary N) is 1. The molecule has 0 radical (unpaired) electrons. The zero-order valence-electron chi connectivity index (χ0n) is 15.1. The molecule has 0 aromatic heterocycles. The highest BCUT2D eigenvalue weighted by molar-refractivity contribution is 8.03. The monoisotopic (exact) mass is 403 g/mol. The van der Waals surface area contributed by atoms with E-state index in [1.54, 1.807) is 30.3 Å². The van der Waals surface area contributed by atoms with Crippen LogP contribution in [0, 0.1) is 5.92 Å². The van der Waals surface area contributed by atoms with E-state index in [1.165, 1.54) is 0 Å². The minimum Gasteiger partial charge on any atom is -0.480 e. The standard InChI is InChI=1S/C8H16N2O3.C8H9NO4S/c1-5(2)3-6(8(12)13)10-7(11)4-9;10-8(11)14(12,13)9-6-7-4-2-1-3-5-7/h5-6H,3-4,9H2,1-2H3,(H,10,11)(H,12,13);1-5,9H,6H2,(H,10,11). The Labute approximate surface area is 157 Å². The molecule has 11 heteroatoms. The van der Waals surface area contributed by atoms with Crippen molar-refractivity contribution >= 4 is 27.2 Å². The number of carbonyl (C=O) groups excluding carboxylic acids is 1. The molecule has 0 spiro atoms. The van der Waals surface area contributed by atoms with Gasteiger partial charge in [-0.3, -0.25) is 4.79 Å². The highest BCUT2D eigenvalue weighted by Crippen LogP contribution is 2.04. The van der Waals surface area contributed by atoms with E-state index < -0.39 is 33.2 Å². The van der Waals surface area contributed by atoms with Crippen LogP contribution in [0.4, 0.5) is 4.79 Å². The largest absolute Gasteiger partial charge is 0.480 e. The van der Waals surface area contributed by atoms with Gasteiger partial charge in [-0.1, -0.05) is 44.2 Å². The normalized spacial score (nSPS) is 11.9. The highest BCUT2D eigenvalue weighted by atomic mass is 32.2. The molecular formula is C16H25N3O7S. The van der Waals surface area contributed by atoms with Gasteiger partial charge in [0.1, 0.15) is 6.04 Å². The van der Waals surface area contributed by atoms with Crippen molar-refractivity contribution < 1.29 is 33.0 Å². The second kappa shape index (κ2) is 12.0. The third-order valence-electron chi connectivity index (χ3n) is 3.06. The van der Waals surface area contributed by atoms with Crippen LogP contribution < -0.4 is 15.8 Å². The molecule has 0 saturated carbocycles. The fourth-order valence-electron chi connectivity index (χ4n) is 1.78. The summed E-state index contributed by atoms with van der Waals surface area (Å²) in [5, 5.41) is 17.4. The summed E-state index contributed by atoms with van der Waals surface area (Å²) >= 11 is 0. The summed E-state index contributed by atoms with van der Waals surface area (Å²) in [6, 6.07) is 7.84. The smallest absolute Gasteiger partial charge is 0.437 e. The van der Waals surface area contributed by atoms with E-state index in [1.807, 2.05) is 18.6 Å². The van der Waals surface area contributed by atoms with Gasteiger partial charge in [0, 0.05) is 6.54 Å². The molecular weight excluding hydrogens is 378 g/mol. The maximum Gasteiger partial charge on any atom is 0.437 e. The lowest BCUT2D eigenvalue weighted by molar-refractivity contribution is -0.142. The van der Waals surface area contributed by atoms with Crippen LogP contribution in [0.1, 0.15) is 25.8 Å². The molecule has 0 heterocycles. The molecule has 0 aliphatic heterocycles. The molecule has 1 atom stereocenters. The molecule has 1 amide bonds. The van der Waals surface area contributed by atoms with E-state index in [0.717, 1.165) is 0 Å². The summed E-state index contributed by atoms with van der Waals surface area (Å²) in [5.41, 5.74) is 5.75. The van der Waals surface area contributed by atoms with Gasteiger partial charge in [0.2, 0.25) is 5.91 Å². The molecule has 6 N–H and O–H groups in total. The first-order valence-electron chi connectivity index (χ1n) is 7.98. The third kappa shape index (κ3) is 10.9. The van der Waals surface area contributed by atoms with Crippen molar-refractivity contribution in [3.05, 3.63) is 35.9 Å². The van der Waals surface area contributed by atoms with Crippen LogP contribution in [-0.4, -0.2) is 48.4 Å². The van der Waals surface area contributed by atoms with Crippen LogP contribution in [0.3, 0.4) is 0 Å². The lowest BCUT2D eigenvalue weighted by Crippen LogP contribution is -2.44. The summed E-state index contributed by atoms with van der Waals surface area (Å²) in [6.07, 6.45) is 0.418. The third-order valence-corrected chi connectivity index (χ3v) is 4.05. The number of rotatable bonds is 8. The number of sulfonamides is 1. The Morgan fingerprint density at radius 1 is 1.11 bits per heavy atom. The summed E-state index contributed by atoms with van der Waals surface area (Å²) < 4.78 is 23.5. The number of hydrogen-bond donors (Lipinski definition) is 5. The zero-order valence-corrected chi connectivity index (χ0v) is 15.9. The predicted molar refractivity (Wildman–Crippen MR) is 98.3 cm³/mol. The first kappa shape index (κ1) is 24.5. The van der Waals surface area contributed by atoms with E-state index in [2.05, 4.69) is 5.32 Å². The Hall–Kier alpha value is -2.50. The fraction of sp³-hybridized carbons (Fsp3) is 0.438. The topological polar surface area (TPSA) is 176 Å². The Morgan fingerprint density at radius 2 is 1.67 bits per heavy atom. The molecule has 0 saturated heterocycles. The second-order valence-electron chi connectivity index (χ2n) is 5.87. The van der Waals surface area contributed by atoms with Crippen molar-refractivity contribution in [2.24, 2.45) is 11.7 Å². The van der Waals surface area contributed by atoms with Crippen LogP contribution in [0.5, 0.6) is 0 Å². The molecule has 27 heavy (non-hydrogen) atoms. The Kier molecular flexibility index (Phi) is 10.9. The maximum absolute atomic E-state index is 10.8. The molecule has 0 fully saturated rings. The van der Waals surface area contributed by atoms with Crippen molar-refractivity contribution in [2.75, 3.05) is 6.54 Å². The first-order chi connectivity index (χ1) is 12.5. The van der Waals surface area contributed by atoms with E-state index in [4.69, 9.17) is 15.9 Å². The summed E-state index contributed by atoms with van der Waals surface area (Å²) in [4.78, 5) is 31.6. The van der Waals surface area contributed by atoms with Gasteiger partial charge in [-0.05, 0) is 17.9 Å². The van der Waals surface area contributed by atoms with Gasteiger partial charge in [-0.25, -0.2) is 22.7 Å². The molecule has 1 aromatic rings. The van der Waals surface area contributed by atoms with Gasteiger partial charge in [0.05, 0.1) is 6.54 Å². The number of carboxylic acid groups (broad SMARTS) is 2. The number of carboxylic acids is 1. The molecule has 1 aromatic carbocycles. The minimum atomic E-state index is -4.23. The molecule has 0 aliphatic carbocycles. The Bertz CT molecular complexity index is 721. The predicted octanol–water partition coefficient (Wildman–Crippen LogP) is 0.345. The molecule has 1 rings (SSSR count). The summed E-state index contributed by atoms with van der Waals surface area (Å²) in [5.74, 6) is -1.23. The lowest BCUT2D eigenvalue weighted by atomic mass is 10.0. The highest BCUT2D eigenvalue weighted by Gasteiger charge is 2.20. The van der Waals surface area contributed by atoms with E-state index in [0.29, 0.717) is 12.0 Å². The minimum absolute atomic E-state index is 0.0184. The Morgan fingerprint density at radius 3 is 2.07 bits per heavy atom. The van der Waals surface area contributed by atoms with Gasteiger partial charge in [-0.2, -0.15) is 0 Å². The zero-order chi connectivity index (χ0) is 21.0. The first-order valence-corrected chi connectivity index (χ1v) is 9.46. The van der Waals surface area contributed by atoms with Crippen LogP contribution in [0.25, 0.3) is 0 Å². The van der Waals surface area contributed by atoms with Crippen molar-refractivity contribution in [2.45, 2.75) is 32.9 Å². The lowest BCUT2D eigenvalue weighted by Gasteiger charge is -2.15. The average Bonchev–Trinajstić information content (AvgIpc) is 2.60. The molecule has 0 aliphatic rings. The number of carbonyl (C=O) groups is 3. The SMILES string of the molecule is CC(C)CC(NC(=O)CN)C(=O)O.O=C(O)S(=O)(=O)NCc1ccccc1. The molecule has 0 bridgehead atoms. The number of amides is 1. The summed E-state index contributed by atoms with van der Waals surface area (Å²) in [7, 11) is -4.23. The quantitative estimate of drug-likeness (QED) is 0.413. The van der Waals surface area contributed by atoms with E-state index in [9.17, 15) is 22.8 Å². The van der Waals surface area contributed by atoms with E-state index >= 15 is 0 Å². The van der Waals surface area contributed by atoms with Gasteiger partial charge in [0.25, 0.3) is 0 Å². The van der Waals surface area contributed by atoms with Gasteiger partial charge < -0.3 is 21.3 Å². The van der Waals surface area contributed by atoms with Crippen LogP contribution in [-0.2, 0) is 26.2 Å². The second-order valence-corrected chi connectivity index (χ2v) is 7.51. The van der Waals surface area contributed by atoms with Gasteiger partial charge in [-0.15, -0.1) is 0 Å². The molecule has 152 valence electrons. The van der Waals surface area contributed by atoms with Crippen molar-refractivity contribution in [1.82, 2.24) is 10.0 Å². The van der Waals surface area contributed by atoms with Gasteiger partial charge in [0.15, 0.2) is 0 Å². The van der Waals surface area contributed by atoms with Crippen LogP contribution >= 0.6 is 0 Å². The maximum atomic E-state index is 10.8. The van der Waals surface area contributed by atoms with Crippen molar-refractivity contribution in [3.63, 3.8) is 0 Å².